The molecule has 164 valence electrons. The van der Waals surface area contributed by atoms with E-state index in [0.29, 0.717) is 31.8 Å². The first-order valence-electron chi connectivity index (χ1n) is 11.5. The highest BCUT2D eigenvalue weighted by Gasteiger charge is 2.36. The van der Waals surface area contributed by atoms with E-state index in [4.69, 9.17) is 4.74 Å². The molecular weight excluding hydrogens is 388 g/mol. The summed E-state index contributed by atoms with van der Waals surface area (Å²) in [5.74, 6) is 0. The van der Waals surface area contributed by atoms with Gasteiger partial charge < -0.3 is 19.9 Å². The van der Waals surface area contributed by atoms with E-state index in [-0.39, 0.29) is 6.09 Å². The molecule has 2 aromatic carbocycles. The summed E-state index contributed by atoms with van der Waals surface area (Å²) in [5, 5.41) is 3.56. The number of carbonyl (C=O) groups is 1. The topological polar surface area (TPSA) is 48.1 Å². The van der Waals surface area contributed by atoms with Gasteiger partial charge in [-0.3, -0.25) is 4.90 Å². The number of fused-ring (bicyclic) bond motifs is 2. The van der Waals surface area contributed by atoms with Gasteiger partial charge >= 0.3 is 6.09 Å². The van der Waals surface area contributed by atoms with Crippen molar-refractivity contribution in [1.29, 1.82) is 0 Å². The van der Waals surface area contributed by atoms with Crippen molar-refractivity contribution in [3.05, 3.63) is 65.7 Å². The number of nitrogens with one attached hydrogen (secondary N) is 1. The fourth-order valence-corrected chi connectivity index (χ4v) is 5.11. The Balaban J connectivity index is 1.10. The molecule has 0 aliphatic carbocycles. The van der Waals surface area contributed by atoms with Crippen LogP contribution in [0.2, 0.25) is 0 Å². The number of hydrogen-bond donors (Lipinski definition) is 1. The Bertz CT molecular complexity index is 849. The average Bonchev–Trinajstić information content (AvgIpc) is 3.04. The van der Waals surface area contributed by atoms with Crippen LogP contribution in [0.1, 0.15) is 24.0 Å². The van der Waals surface area contributed by atoms with E-state index in [1.54, 1.807) is 0 Å². The van der Waals surface area contributed by atoms with Crippen molar-refractivity contribution < 1.29 is 9.53 Å². The van der Waals surface area contributed by atoms with Gasteiger partial charge in [-0.25, -0.2) is 4.79 Å². The maximum atomic E-state index is 12.4. The van der Waals surface area contributed by atoms with Gasteiger partial charge in [0.15, 0.2) is 0 Å². The highest BCUT2D eigenvalue weighted by Crippen LogP contribution is 2.29. The number of ether oxygens (including phenoxy) is 1. The Morgan fingerprint density at radius 2 is 1.55 bits per heavy atom. The number of benzene rings is 2. The van der Waals surface area contributed by atoms with Crippen LogP contribution >= 0.6 is 0 Å². The van der Waals surface area contributed by atoms with Gasteiger partial charge in [-0.15, -0.1) is 0 Å². The molecule has 1 N–H and O–H groups in total. The molecule has 2 bridgehead atoms. The normalized spacial score (nSPS) is 23.7. The molecule has 3 aliphatic rings. The van der Waals surface area contributed by atoms with Crippen molar-refractivity contribution in [1.82, 2.24) is 15.1 Å². The second-order valence-corrected chi connectivity index (χ2v) is 8.90. The minimum Gasteiger partial charge on any atom is -0.445 e. The molecule has 5 rings (SSSR count). The van der Waals surface area contributed by atoms with Crippen LogP contribution in [0.4, 0.5) is 10.5 Å². The number of nitrogens with zero attached hydrogens (tertiary/aromatic N) is 3. The monoisotopic (exact) mass is 420 g/mol. The van der Waals surface area contributed by atoms with Crippen molar-refractivity contribution in [3.63, 3.8) is 0 Å². The predicted molar refractivity (Wildman–Crippen MR) is 122 cm³/mol. The Morgan fingerprint density at radius 1 is 0.871 bits per heavy atom. The summed E-state index contributed by atoms with van der Waals surface area (Å²) in [6.45, 7) is 6.70. The fraction of sp³-hybridized carbons (Fsp3) is 0.480. The summed E-state index contributed by atoms with van der Waals surface area (Å²) in [4.78, 5) is 19.2. The van der Waals surface area contributed by atoms with Crippen LogP contribution in [-0.2, 0) is 17.9 Å². The molecule has 0 aromatic heterocycles. The lowest BCUT2D eigenvalue weighted by molar-refractivity contribution is 0.0942. The molecule has 31 heavy (non-hydrogen) atoms. The van der Waals surface area contributed by atoms with E-state index in [1.807, 2.05) is 35.2 Å². The molecule has 6 nitrogen and oxygen atoms in total. The average molecular weight is 421 g/mol. The number of piperazine rings is 2. The maximum Gasteiger partial charge on any atom is 0.410 e. The molecule has 6 heteroatoms. The molecule has 2 unspecified atom stereocenters. The summed E-state index contributed by atoms with van der Waals surface area (Å²) in [5.41, 5.74) is 3.65. The Kier molecular flexibility index (Phi) is 6.09. The maximum absolute atomic E-state index is 12.4. The molecule has 3 fully saturated rings. The minimum atomic E-state index is -0.218. The van der Waals surface area contributed by atoms with Gasteiger partial charge in [-0.05, 0) is 36.1 Å². The lowest BCUT2D eigenvalue weighted by Crippen LogP contribution is -2.51. The summed E-state index contributed by atoms with van der Waals surface area (Å²) < 4.78 is 5.48. The van der Waals surface area contributed by atoms with Crippen LogP contribution in [0.5, 0.6) is 0 Å². The standard InChI is InChI=1S/C25H32N4O2/c30-25(31-19-21-4-2-1-3-5-21)28-14-12-27(13-15-28)22-8-6-20(7-9-22)18-29-23-10-11-24(29)17-26-16-23/h1-9,23-24,26H,10-19H2. The Hall–Kier alpha value is -2.57. The van der Waals surface area contributed by atoms with Crippen molar-refractivity contribution in [2.24, 2.45) is 0 Å². The van der Waals surface area contributed by atoms with Gasteiger partial charge in [0.1, 0.15) is 6.61 Å². The Morgan fingerprint density at radius 3 is 2.23 bits per heavy atom. The van der Waals surface area contributed by atoms with Crippen molar-refractivity contribution in [3.8, 4) is 0 Å². The van der Waals surface area contributed by atoms with Gasteiger partial charge in [0.05, 0.1) is 0 Å². The van der Waals surface area contributed by atoms with Crippen LogP contribution in [0, 0.1) is 0 Å². The molecule has 0 spiro atoms. The zero-order chi connectivity index (χ0) is 21.0. The lowest BCUT2D eigenvalue weighted by Gasteiger charge is -2.36. The van der Waals surface area contributed by atoms with E-state index in [9.17, 15) is 4.79 Å². The van der Waals surface area contributed by atoms with Gasteiger partial charge in [0.25, 0.3) is 0 Å². The molecule has 0 saturated carbocycles. The van der Waals surface area contributed by atoms with E-state index in [2.05, 4.69) is 39.4 Å². The first kappa shape index (κ1) is 20.3. The first-order chi connectivity index (χ1) is 15.3. The Labute approximate surface area is 184 Å². The van der Waals surface area contributed by atoms with E-state index in [0.717, 1.165) is 38.3 Å². The van der Waals surface area contributed by atoms with E-state index in [1.165, 1.54) is 24.1 Å². The summed E-state index contributed by atoms with van der Waals surface area (Å²) in [6, 6.07) is 20.3. The number of rotatable bonds is 5. The van der Waals surface area contributed by atoms with E-state index >= 15 is 0 Å². The highest BCUT2D eigenvalue weighted by molar-refractivity contribution is 5.68. The highest BCUT2D eigenvalue weighted by atomic mass is 16.6. The SMILES string of the molecule is O=C(OCc1ccccc1)N1CCN(c2ccc(CN3C4CCC3CNC4)cc2)CC1. The van der Waals surface area contributed by atoms with Crippen LogP contribution in [-0.4, -0.2) is 67.2 Å². The van der Waals surface area contributed by atoms with Gasteiger partial charge in [-0.2, -0.15) is 0 Å². The minimum absolute atomic E-state index is 0.218. The third-order valence-electron chi connectivity index (χ3n) is 6.94. The summed E-state index contributed by atoms with van der Waals surface area (Å²) in [7, 11) is 0. The molecule has 3 heterocycles. The first-order valence-corrected chi connectivity index (χ1v) is 11.5. The second-order valence-electron chi connectivity index (χ2n) is 8.90. The summed E-state index contributed by atoms with van der Waals surface area (Å²) >= 11 is 0. The molecule has 3 aliphatic heterocycles. The van der Waals surface area contributed by atoms with Crippen LogP contribution in [0.3, 0.4) is 0 Å². The van der Waals surface area contributed by atoms with E-state index < -0.39 is 0 Å². The van der Waals surface area contributed by atoms with Gasteiger partial charge in [0.2, 0.25) is 0 Å². The zero-order valence-corrected chi connectivity index (χ0v) is 18.1. The van der Waals surface area contributed by atoms with Crippen LogP contribution in [0.15, 0.2) is 54.6 Å². The molecule has 1 amide bonds. The molecule has 0 radical (unpaired) electrons. The third-order valence-corrected chi connectivity index (χ3v) is 6.94. The number of amides is 1. The third kappa shape index (κ3) is 4.70. The number of hydrogen-bond acceptors (Lipinski definition) is 5. The molecule has 3 saturated heterocycles. The van der Waals surface area contributed by atoms with Crippen LogP contribution in [0.25, 0.3) is 0 Å². The number of anilines is 1. The second kappa shape index (κ2) is 9.28. The zero-order valence-electron chi connectivity index (χ0n) is 18.1. The fourth-order valence-electron chi connectivity index (χ4n) is 5.11. The quantitative estimate of drug-likeness (QED) is 0.806. The largest absolute Gasteiger partial charge is 0.445 e. The van der Waals surface area contributed by atoms with Crippen molar-refractivity contribution >= 4 is 11.8 Å². The van der Waals surface area contributed by atoms with Gasteiger partial charge in [-0.1, -0.05) is 42.5 Å². The summed E-state index contributed by atoms with van der Waals surface area (Å²) in [6.07, 6.45) is 2.44. The van der Waals surface area contributed by atoms with Crippen molar-refractivity contribution in [2.45, 2.75) is 38.1 Å². The van der Waals surface area contributed by atoms with Gasteiger partial charge in [0, 0.05) is 63.6 Å². The smallest absolute Gasteiger partial charge is 0.410 e. The predicted octanol–water partition coefficient (Wildman–Crippen LogP) is 3.08. The number of carbonyl (C=O) groups excluding carboxylic acids is 1. The molecule has 2 atom stereocenters. The lowest BCUT2D eigenvalue weighted by atomic mass is 10.1. The van der Waals surface area contributed by atoms with Crippen molar-refractivity contribution in [2.75, 3.05) is 44.2 Å². The molecule has 2 aromatic rings. The molecular formula is C25H32N4O2. The van der Waals surface area contributed by atoms with Crippen LogP contribution < -0.4 is 10.2 Å².